The molecule has 0 aliphatic heterocycles. The number of aromatic nitrogens is 2. The summed E-state index contributed by atoms with van der Waals surface area (Å²) in [7, 11) is 3.46. The van der Waals surface area contributed by atoms with Crippen molar-refractivity contribution in [3.05, 3.63) is 72.1 Å². The van der Waals surface area contributed by atoms with Crippen LogP contribution in [0.5, 0.6) is 5.75 Å². The van der Waals surface area contributed by atoms with Crippen molar-refractivity contribution in [2.75, 3.05) is 30.2 Å². The molecule has 0 fully saturated rings. The van der Waals surface area contributed by atoms with Gasteiger partial charge in [0.25, 0.3) is 5.91 Å². The fraction of sp³-hybridized carbons (Fsp3) is 0.150. The number of hydrazine groups is 1. The molecule has 8 heteroatoms. The third-order valence-corrected chi connectivity index (χ3v) is 4.13. The first kappa shape index (κ1) is 19.0. The number of hydrogen-bond acceptors (Lipinski definition) is 7. The largest absolute Gasteiger partial charge is 0.497 e. The summed E-state index contributed by atoms with van der Waals surface area (Å²) in [4.78, 5) is 22.6. The molecule has 0 aliphatic rings. The third kappa shape index (κ3) is 4.47. The Balaban J connectivity index is 1.67. The summed E-state index contributed by atoms with van der Waals surface area (Å²) in [5, 5.41) is 0. The van der Waals surface area contributed by atoms with Gasteiger partial charge in [-0.15, -0.1) is 0 Å². The minimum absolute atomic E-state index is 0.320. The normalized spacial score (nSPS) is 10.2. The lowest BCUT2D eigenvalue weighted by Gasteiger charge is -2.21. The minimum Gasteiger partial charge on any atom is -0.497 e. The number of anilines is 3. The van der Waals surface area contributed by atoms with Crippen molar-refractivity contribution in [1.82, 2.24) is 15.4 Å². The van der Waals surface area contributed by atoms with E-state index in [0.29, 0.717) is 35.2 Å². The van der Waals surface area contributed by atoms with Gasteiger partial charge in [-0.2, -0.15) is 0 Å². The van der Waals surface area contributed by atoms with Gasteiger partial charge in [0.15, 0.2) is 11.6 Å². The molecule has 4 N–H and O–H groups in total. The van der Waals surface area contributed by atoms with Gasteiger partial charge in [0, 0.05) is 19.2 Å². The summed E-state index contributed by atoms with van der Waals surface area (Å²) in [6, 6.07) is 16.7. The molecular formula is C20H22N6O2. The maximum absolute atomic E-state index is 12.3. The smallest absolute Gasteiger partial charge is 0.269 e. The number of carbonyl (C=O) groups is 1. The molecule has 0 saturated carbocycles. The Morgan fingerprint density at radius 3 is 2.50 bits per heavy atom. The van der Waals surface area contributed by atoms with E-state index in [9.17, 15) is 4.79 Å². The van der Waals surface area contributed by atoms with Crippen molar-refractivity contribution in [2.24, 2.45) is 0 Å². The average Bonchev–Trinajstić information content (AvgIpc) is 2.73. The van der Waals surface area contributed by atoms with E-state index in [-0.39, 0.29) is 5.91 Å². The Morgan fingerprint density at radius 2 is 1.82 bits per heavy atom. The Kier molecular flexibility index (Phi) is 5.91. The van der Waals surface area contributed by atoms with Crippen LogP contribution in [0.25, 0.3) is 0 Å². The summed E-state index contributed by atoms with van der Waals surface area (Å²) < 4.78 is 5.09. The number of benzene rings is 2. The van der Waals surface area contributed by atoms with Crippen molar-refractivity contribution in [3.63, 3.8) is 0 Å². The maximum atomic E-state index is 12.3. The van der Waals surface area contributed by atoms with E-state index in [2.05, 4.69) is 20.8 Å². The Hall–Kier alpha value is -3.81. The van der Waals surface area contributed by atoms with Crippen molar-refractivity contribution in [1.29, 1.82) is 0 Å². The quantitative estimate of drug-likeness (QED) is 0.542. The zero-order chi connectivity index (χ0) is 19.9. The van der Waals surface area contributed by atoms with Crippen LogP contribution in [0.3, 0.4) is 0 Å². The molecule has 0 aliphatic carbocycles. The van der Waals surface area contributed by atoms with Crippen LogP contribution >= 0.6 is 0 Å². The minimum atomic E-state index is -0.320. The van der Waals surface area contributed by atoms with Crippen LogP contribution in [0.15, 0.2) is 60.9 Å². The van der Waals surface area contributed by atoms with Crippen LogP contribution < -0.4 is 26.2 Å². The molecule has 28 heavy (non-hydrogen) atoms. The zero-order valence-electron chi connectivity index (χ0n) is 15.7. The second kappa shape index (κ2) is 8.72. The monoisotopic (exact) mass is 378 g/mol. The van der Waals surface area contributed by atoms with Crippen LogP contribution in [-0.2, 0) is 6.54 Å². The molecule has 3 rings (SSSR count). The van der Waals surface area contributed by atoms with Crippen LogP contribution in [0.1, 0.15) is 15.9 Å². The molecule has 0 spiro atoms. The van der Waals surface area contributed by atoms with Gasteiger partial charge in [0.1, 0.15) is 17.8 Å². The molecular weight excluding hydrogens is 356 g/mol. The molecule has 144 valence electrons. The average molecular weight is 378 g/mol. The fourth-order valence-corrected chi connectivity index (χ4v) is 2.65. The van der Waals surface area contributed by atoms with Crippen LogP contribution in [0, 0.1) is 0 Å². The SMILES string of the molecule is COc1ccc(C(=O)NNc2ncnc(N(C)Cc3ccccc3)c2N)cc1. The van der Waals surface area contributed by atoms with Gasteiger partial charge in [0.2, 0.25) is 0 Å². The lowest BCUT2D eigenvalue weighted by Crippen LogP contribution is -2.30. The number of nitrogens with one attached hydrogen (secondary N) is 2. The fourth-order valence-electron chi connectivity index (χ4n) is 2.65. The number of amides is 1. The number of hydrogen-bond donors (Lipinski definition) is 3. The van der Waals surface area contributed by atoms with E-state index in [1.165, 1.54) is 6.33 Å². The van der Waals surface area contributed by atoms with Gasteiger partial charge in [-0.1, -0.05) is 30.3 Å². The molecule has 1 heterocycles. The van der Waals surface area contributed by atoms with Crippen LogP contribution in [-0.4, -0.2) is 30.0 Å². The summed E-state index contributed by atoms with van der Waals surface area (Å²) in [5.41, 5.74) is 13.5. The summed E-state index contributed by atoms with van der Waals surface area (Å²) >= 11 is 0. The number of nitrogen functional groups attached to an aromatic ring is 1. The van der Waals surface area contributed by atoms with Gasteiger partial charge in [-0.05, 0) is 29.8 Å². The molecule has 2 aromatic carbocycles. The lowest BCUT2D eigenvalue weighted by atomic mass is 10.2. The maximum Gasteiger partial charge on any atom is 0.269 e. The Morgan fingerprint density at radius 1 is 1.11 bits per heavy atom. The molecule has 0 saturated heterocycles. The van der Waals surface area contributed by atoms with E-state index in [0.717, 1.165) is 5.56 Å². The number of nitrogens with zero attached hydrogens (tertiary/aromatic N) is 3. The molecule has 8 nitrogen and oxygen atoms in total. The van der Waals surface area contributed by atoms with Crippen molar-refractivity contribution in [3.8, 4) is 5.75 Å². The Bertz CT molecular complexity index is 931. The summed E-state index contributed by atoms with van der Waals surface area (Å²) in [6.07, 6.45) is 1.40. The van der Waals surface area contributed by atoms with E-state index in [1.807, 2.05) is 42.3 Å². The Labute approximate surface area is 163 Å². The number of carbonyl (C=O) groups excluding carboxylic acids is 1. The molecule has 0 unspecified atom stereocenters. The number of methoxy groups -OCH3 is 1. The first-order chi connectivity index (χ1) is 13.6. The molecule has 0 bridgehead atoms. The summed E-state index contributed by atoms with van der Waals surface area (Å²) in [5.74, 6) is 1.25. The van der Waals surface area contributed by atoms with E-state index < -0.39 is 0 Å². The highest BCUT2D eigenvalue weighted by atomic mass is 16.5. The zero-order valence-corrected chi connectivity index (χ0v) is 15.7. The highest BCUT2D eigenvalue weighted by molar-refractivity contribution is 5.95. The van der Waals surface area contributed by atoms with Gasteiger partial charge in [-0.3, -0.25) is 15.6 Å². The van der Waals surface area contributed by atoms with Gasteiger partial charge in [0.05, 0.1) is 7.11 Å². The molecule has 1 amide bonds. The van der Waals surface area contributed by atoms with Gasteiger partial charge >= 0.3 is 0 Å². The molecule has 0 radical (unpaired) electrons. The van der Waals surface area contributed by atoms with Crippen LogP contribution in [0.2, 0.25) is 0 Å². The number of rotatable bonds is 7. The predicted molar refractivity (Wildman–Crippen MR) is 109 cm³/mol. The second-order valence-electron chi connectivity index (χ2n) is 6.11. The lowest BCUT2D eigenvalue weighted by molar-refractivity contribution is 0.0962. The first-order valence-electron chi connectivity index (χ1n) is 8.64. The van der Waals surface area contributed by atoms with Crippen molar-refractivity contribution < 1.29 is 9.53 Å². The second-order valence-corrected chi connectivity index (χ2v) is 6.11. The molecule has 1 aromatic heterocycles. The highest BCUT2D eigenvalue weighted by Gasteiger charge is 2.13. The van der Waals surface area contributed by atoms with Crippen LogP contribution in [0.4, 0.5) is 17.3 Å². The standard InChI is InChI=1S/C20H22N6O2/c1-26(12-14-6-4-3-5-7-14)19-17(21)18(22-13-23-19)24-25-20(27)15-8-10-16(28-2)11-9-15/h3-11,13H,12,21H2,1-2H3,(H,25,27)(H,22,23,24). The predicted octanol–water partition coefficient (Wildman–Crippen LogP) is 2.46. The highest BCUT2D eigenvalue weighted by Crippen LogP contribution is 2.25. The van der Waals surface area contributed by atoms with E-state index in [4.69, 9.17) is 10.5 Å². The van der Waals surface area contributed by atoms with E-state index in [1.54, 1.807) is 31.4 Å². The first-order valence-corrected chi connectivity index (χ1v) is 8.64. The number of ether oxygens (including phenoxy) is 1. The summed E-state index contributed by atoms with van der Waals surface area (Å²) in [6.45, 7) is 0.639. The van der Waals surface area contributed by atoms with Gasteiger partial charge < -0.3 is 15.4 Å². The van der Waals surface area contributed by atoms with E-state index >= 15 is 0 Å². The van der Waals surface area contributed by atoms with Crippen molar-refractivity contribution >= 4 is 23.2 Å². The van der Waals surface area contributed by atoms with Gasteiger partial charge in [-0.25, -0.2) is 9.97 Å². The number of nitrogens with two attached hydrogens (primary N) is 1. The topological polar surface area (TPSA) is 105 Å². The molecule has 3 aromatic rings. The molecule has 0 atom stereocenters. The van der Waals surface area contributed by atoms with Crippen molar-refractivity contribution in [2.45, 2.75) is 6.54 Å². The third-order valence-electron chi connectivity index (χ3n) is 4.13.